The Morgan fingerprint density at radius 1 is 1.44 bits per heavy atom. The first-order valence-electron chi connectivity index (χ1n) is 4.64. The zero-order valence-electron chi connectivity index (χ0n) is 8.42. The minimum atomic E-state index is -2.61. The van der Waals surface area contributed by atoms with Crippen LogP contribution in [0.25, 0.3) is 10.9 Å². The molecule has 2 N–H and O–H groups in total. The number of carbonyl (C=O) groups is 1. The lowest BCUT2D eigenvalue weighted by molar-refractivity contribution is 0.0697. The number of rotatable bonds is 2. The fourth-order valence-electron chi connectivity index (χ4n) is 1.76. The third-order valence-electron chi connectivity index (χ3n) is 2.50. The van der Waals surface area contributed by atoms with Crippen LogP contribution in [0.3, 0.4) is 0 Å². The molecule has 0 fully saturated rings. The molecule has 0 spiro atoms. The molecular weight excluding hydrogens is 216 g/mol. The molecule has 16 heavy (non-hydrogen) atoms. The zero-order chi connectivity index (χ0) is 11.9. The van der Waals surface area contributed by atoms with E-state index in [1.54, 1.807) is 6.92 Å². The van der Waals surface area contributed by atoms with Crippen molar-refractivity contribution in [1.82, 2.24) is 4.98 Å². The molecule has 0 aliphatic heterocycles. The SMILES string of the molecule is Cc1[nH]c2ccc(C(=O)O)cc2c1C(F)F. The van der Waals surface area contributed by atoms with Gasteiger partial charge in [0.15, 0.2) is 0 Å². The predicted octanol–water partition coefficient (Wildman–Crippen LogP) is 3.11. The molecule has 0 aliphatic carbocycles. The van der Waals surface area contributed by atoms with Crippen molar-refractivity contribution >= 4 is 16.9 Å². The summed E-state index contributed by atoms with van der Waals surface area (Å²) in [4.78, 5) is 13.5. The van der Waals surface area contributed by atoms with Crippen LogP contribution in [0, 0.1) is 6.92 Å². The molecule has 0 amide bonds. The van der Waals surface area contributed by atoms with Gasteiger partial charge in [-0.2, -0.15) is 0 Å². The van der Waals surface area contributed by atoms with Crippen LogP contribution >= 0.6 is 0 Å². The molecule has 2 rings (SSSR count). The Balaban J connectivity index is 2.74. The van der Waals surface area contributed by atoms with E-state index in [0.717, 1.165) is 0 Å². The lowest BCUT2D eigenvalue weighted by Gasteiger charge is -1.99. The number of aryl methyl sites for hydroxylation is 1. The number of aromatic nitrogens is 1. The number of carboxylic acids is 1. The lowest BCUT2D eigenvalue weighted by Crippen LogP contribution is -1.95. The summed E-state index contributed by atoms with van der Waals surface area (Å²) < 4.78 is 25.5. The largest absolute Gasteiger partial charge is 0.478 e. The number of aromatic carboxylic acids is 1. The smallest absolute Gasteiger partial charge is 0.335 e. The molecule has 1 aromatic heterocycles. The molecule has 2 aromatic rings. The van der Waals surface area contributed by atoms with Gasteiger partial charge in [-0.3, -0.25) is 0 Å². The number of hydrogen-bond acceptors (Lipinski definition) is 1. The molecule has 0 bridgehead atoms. The number of H-pyrrole nitrogens is 1. The molecular formula is C11H9F2NO2. The van der Waals surface area contributed by atoms with E-state index >= 15 is 0 Å². The van der Waals surface area contributed by atoms with Crippen molar-refractivity contribution in [3.8, 4) is 0 Å². The van der Waals surface area contributed by atoms with E-state index in [0.29, 0.717) is 11.2 Å². The number of alkyl halides is 2. The molecule has 1 heterocycles. The van der Waals surface area contributed by atoms with E-state index in [1.165, 1.54) is 18.2 Å². The van der Waals surface area contributed by atoms with Crippen molar-refractivity contribution < 1.29 is 18.7 Å². The Morgan fingerprint density at radius 3 is 2.69 bits per heavy atom. The number of benzene rings is 1. The highest BCUT2D eigenvalue weighted by atomic mass is 19.3. The number of halogens is 2. The number of carboxylic acid groups (broad SMARTS) is 1. The summed E-state index contributed by atoms with van der Waals surface area (Å²) in [6, 6.07) is 4.15. The highest BCUT2D eigenvalue weighted by molar-refractivity contribution is 5.95. The zero-order valence-corrected chi connectivity index (χ0v) is 8.42. The summed E-state index contributed by atoms with van der Waals surface area (Å²) >= 11 is 0. The first kappa shape index (κ1) is 10.6. The van der Waals surface area contributed by atoms with Gasteiger partial charge in [-0.25, -0.2) is 13.6 Å². The standard InChI is InChI=1S/C11H9F2NO2/c1-5-9(10(12)13)7-4-6(11(15)16)2-3-8(7)14-5/h2-4,10,14H,1H3,(H,15,16). The van der Waals surface area contributed by atoms with Crippen molar-refractivity contribution in [3.05, 3.63) is 35.0 Å². The number of fused-ring (bicyclic) bond motifs is 1. The minimum absolute atomic E-state index is 0.00778. The molecule has 0 radical (unpaired) electrons. The first-order valence-corrected chi connectivity index (χ1v) is 4.64. The van der Waals surface area contributed by atoms with Crippen LogP contribution in [0.4, 0.5) is 8.78 Å². The average molecular weight is 225 g/mol. The van der Waals surface area contributed by atoms with E-state index in [1.807, 2.05) is 0 Å². The maximum absolute atomic E-state index is 12.8. The van der Waals surface area contributed by atoms with Crippen LogP contribution < -0.4 is 0 Å². The van der Waals surface area contributed by atoms with E-state index in [2.05, 4.69) is 4.98 Å². The van der Waals surface area contributed by atoms with Gasteiger partial charge >= 0.3 is 5.97 Å². The van der Waals surface area contributed by atoms with Gasteiger partial charge in [0.05, 0.1) is 5.56 Å². The quantitative estimate of drug-likeness (QED) is 0.825. The van der Waals surface area contributed by atoms with Gasteiger partial charge in [0.2, 0.25) is 0 Å². The summed E-state index contributed by atoms with van der Waals surface area (Å²) in [5, 5.41) is 9.05. The Morgan fingerprint density at radius 2 is 2.12 bits per heavy atom. The fraction of sp³-hybridized carbons (Fsp3) is 0.182. The van der Waals surface area contributed by atoms with Crippen LogP contribution in [0.1, 0.15) is 28.0 Å². The molecule has 0 aliphatic rings. The highest BCUT2D eigenvalue weighted by Gasteiger charge is 2.18. The second kappa shape index (κ2) is 3.59. The van der Waals surface area contributed by atoms with Crippen molar-refractivity contribution in [2.45, 2.75) is 13.3 Å². The van der Waals surface area contributed by atoms with Crippen LogP contribution in [-0.2, 0) is 0 Å². The van der Waals surface area contributed by atoms with Crippen molar-refractivity contribution in [2.24, 2.45) is 0 Å². The Bertz CT molecular complexity index is 560. The maximum atomic E-state index is 12.8. The molecule has 5 heteroatoms. The molecule has 0 atom stereocenters. The van der Waals surface area contributed by atoms with Crippen LogP contribution in [0.15, 0.2) is 18.2 Å². The highest BCUT2D eigenvalue weighted by Crippen LogP contribution is 2.31. The predicted molar refractivity (Wildman–Crippen MR) is 55.0 cm³/mol. The molecule has 0 unspecified atom stereocenters. The van der Waals surface area contributed by atoms with Gasteiger partial charge in [0.25, 0.3) is 6.43 Å². The maximum Gasteiger partial charge on any atom is 0.335 e. The van der Waals surface area contributed by atoms with E-state index in [9.17, 15) is 13.6 Å². The second-order valence-corrected chi connectivity index (χ2v) is 3.53. The van der Waals surface area contributed by atoms with Gasteiger partial charge in [0, 0.05) is 22.2 Å². The lowest BCUT2D eigenvalue weighted by atomic mass is 10.1. The van der Waals surface area contributed by atoms with Gasteiger partial charge < -0.3 is 10.1 Å². The summed E-state index contributed by atoms with van der Waals surface area (Å²) in [6.45, 7) is 1.54. The molecule has 0 saturated heterocycles. The summed E-state index contributed by atoms with van der Waals surface area (Å²) in [5.74, 6) is -1.12. The van der Waals surface area contributed by atoms with Gasteiger partial charge in [-0.15, -0.1) is 0 Å². The van der Waals surface area contributed by atoms with Crippen molar-refractivity contribution in [2.75, 3.05) is 0 Å². The minimum Gasteiger partial charge on any atom is -0.478 e. The normalized spacial score (nSPS) is 11.2. The van der Waals surface area contributed by atoms with Crippen molar-refractivity contribution in [3.63, 3.8) is 0 Å². The number of aromatic amines is 1. The second-order valence-electron chi connectivity index (χ2n) is 3.53. The van der Waals surface area contributed by atoms with Gasteiger partial charge in [-0.05, 0) is 25.1 Å². The number of nitrogens with one attached hydrogen (secondary N) is 1. The average Bonchev–Trinajstić information content (AvgIpc) is 2.51. The van der Waals surface area contributed by atoms with E-state index in [4.69, 9.17) is 5.11 Å². The van der Waals surface area contributed by atoms with E-state index < -0.39 is 12.4 Å². The Kier molecular flexibility index (Phi) is 2.38. The monoisotopic (exact) mass is 225 g/mol. The fourth-order valence-corrected chi connectivity index (χ4v) is 1.76. The summed E-state index contributed by atoms with van der Waals surface area (Å²) in [7, 11) is 0. The van der Waals surface area contributed by atoms with E-state index in [-0.39, 0.29) is 16.5 Å². The third-order valence-corrected chi connectivity index (χ3v) is 2.50. The molecule has 0 saturated carbocycles. The topological polar surface area (TPSA) is 53.1 Å². The molecule has 3 nitrogen and oxygen atoms in total. The third kappa shape index (κ3) is 1.54. The van der Waals surface area contributed by atoms with Gasteiger partial charge in [-0.1, -0.05) is 0 Å². The first-order chi connectivity index (χ1) is 7.50. The molecule has 1 aromatic carbocycles. The van der Waals surface area contributed by atoms with Crippen LogP contribution in [-0.4, -0.2) is 16.1 Å². The van der Waals surface area contributed by atoms with Crippen LogP contribution in [0.2, 0.25) is 0 Å². The molecule has 84 valence electrons. The summed E-state index contributed by atoms with van der Waals surface area (Å²) in [5.41, 5.74) is 0.775. The van der Waals surface area contributed by atoms with Crippen molar-refractivity contribution in [1.29, 1.82) is 0 Å². The Labute approximate surface area is 89.7 Å². The van der Waals surface area contributed by atoms with Gasteiger partial charge in [0.1, 0.15) is 0 Å². The number of hydrogen-bond donors (Lipinski definition) is 2. The summed E-state index contributed by atoms with van der Waals surface area (Å²) in [6.07, 6.45) is -2.61. The Hall–Kier alpha value is -1.91. The van der Waals surface area contributed by atoms with Crippen LogP contribution in [0.5, 0.6) is 0 Å².